The summed E-state index contributed by atoms with van der Waals surface area (Å²) in [6.07, 6.45) is 12.4. The molecule has 1 aliphatic rings. The molecule has 1 heterocycles. The van der Waals surface area contributed by atoms with Crippen molar-refractivity contribution in [2.24, 2.45) is 5.92 Å². The van der Waals surface area contributed by atoms with Gasteiger partial charge in [0.05, 0.1) is 0 Å². The fourth-order valence-corrected chi connectivity index (χ4v) is 2.79. The maximum absolute atomic E-state index is 3.91. The van der Waals surface area contributed by atoms with Crippen LogP contribution in [0.4, 0.5) is 0 Å². The summed E-state index contributed by atoms with van der Waals surface area (Å²) in [7, 11) is 0. The van der Waals surface area contributed by atoms with Crippen molar-refractivity contribution in [1.29, 1.82) is 0 Å². The molecule has 1 unspecified atom stereocenters. The van der Waals surface area contributed by atoms with Crippen molar-refractivity contribution in [3.63, 3.8) is 0 Å². The summed E-state index contributed by atoms with van der Waals surface area (Å²) < 4.78 is 0. The molecule has 1 atom stereocenters. The minimum Gasteiger partial charge on any atom is -0.303 e. The van der Waals surface area contributed by atoms with Gasteiger partial charge in [0.2, 0.25) is 0 Å². The van der Waals surface area contributed by atoms with Crippen molar-refractivity contribution in [1.82, 2.24) is 4.90 Å². The minimum atomic E-state index is 1.00. The molecule has 0 aromatic heterocycles. The van der Waals surface area contributed by atoms with Crippen LogP contribution in [0, 0.1) is 12.8 Å². The third-order valence-electron chi connectivity index (χ3n) is 3.79. The van der Waals surface area contributed by atoms with Gasteiger partial charge in [-0.2, -0.15) is 0 Å². The topological polar surface area (TPSA) is 3.24 Å². The van der Waals surface area contributed by atoms with E-state index in [-0.39, 0.29) is 0 Å². The van der Waals surface area contributed by atoms with Gasteiger partial charge < -0.3 is 4.90 Å². The van der Waals surface area contributed by atoms with E-state index < -0.39 is 0 Å². The quantitative estimate of drug-likeness (QED) is 0.556. The van der Waals surface area contributed by atoms with Crippen LogP contribution in [0.1, 0.15) is 64.7 Å². The molecule has 0 aromatic rings. The van der Waals surface area contributed by atoms with Gasteiger partial charge in [0, 0.05) is 6.54 Å². The summed E-state index contributed by atoms with van der Waals surface area (Å²) in [6.45, 7) is 10.3. The second kappa shape index (κ2) is 9.04. The number of piperidine rings is 1. The second-order valence-electron chi connectivity index (χ2n) is 5.37. The Bertz CT molecular complexity index is 140. The van der Waals surface area contributed by atoms with Gasteiger partial charge in [-0.3, -0.25) is 0 Å². The SMILES string of the molecule is [CH2]CCCCN1CCCC(CCCCC)C1. The maximum Gasteiger partial charge on any atom is 0.000966 e. The number of hydrogen-bond acceptors (Lipinski definition) is 1. The van der Waals surface area contributed by atoms with E-state index in [1.165, 1.54) is 71.0 Å². The van der Waals surface area contributed by atoms with E-state index in [1.807, 2.05) is 0 Å². The average molecular weight is 224 g/mol. The van der Waals surface area contributed by atoms with Crippen LogP contribution in [0.3, 0.4) is 0 Å². The van der Waals surface area contributed by atoms with E-state index in [1.54, 1.807) is 0 Å². The van der Waals surface area contributed by atoms with E-state index in [9.17, 15) is 0 Å². The van der Waals surface area contributed by atoms with Crippen molar-refractivity contribution < 1.29 is 0 Å². The molecule has 0 N–H and O–H groups in total. The molecular weight excluding hydrogens is 194 g/mol. The maximum atomic E-state index is 3.91. The predicted octanol–water partition coefficient (Wildman–Crippen LogP) is 4.28. The zero-order chi connectivity index (χ0) is 11.6. The molecule has 1 radical (unpaired) electrons. The molecule has 0 bridgehead atoms. The Labute approximate surface area is 103 Å². The monoisotopic (exact) mass is 224 g/mol. The Balaban J connectivity index is 2.09. The summed E-state index contributed by atoms with van der Waals surface area (Å²) in [4.78, 5) is 2.69. The predicted molar refractivity (Wildman–Crippen MR) is 72.5 cm³/mol. The standard InChI is InChI=1S/C15H30N/c1-3-5-7-10-15-11-9-13-16(14-15)12-8-6-4-2/h15H,2-14H2,1H3. The van der Waals surface area contributed by atoms with Crippen molar-refractivity contribution in [2.75, 3.05) is 19.6 Å². The summed E-state index contributed by atoms with van der Waals surface area (Å²) in [6, 6.07) is 0. The van der Waals surface area contributed by atoms with Crippen molar-refractivity contribution in [3.05, 3.63) is 6.92 Å². The molecule has 1 saturated heterocycles. The van der Waals surface area contributed by atoms with Gasteiger partial charge in [-0.25, -0.2) is 0 Å². The lowest BCUT2D eigenvalue weighted by Crippen LogP contribution is -2.36. The zero-order valence-electron chi connectivity index (χ0n) is 11.2. The number of unbranched alkanes of at least 4 members (excludes halogenated alkanes) is 4. The Kier molecular flexibility index (Phi) is 7.92. The van der Waals surface area contributed by atoms with Gasteiger partial charge in [0.25, 0.3) is 0 Å². The number of likely N-dealkylation sites (tertiary alicyclic amines) is 1. The molecule has 0 saturated carbocycles. The first-order valence-corrected chi connectivity index (χ1v) is 7.38. The first kappa shape index (κ1) is 14.0. The lowest BCUT2D eigenvalue weighted by atomic mass is 9.92. The van der Waals surface area contributed by atoms with Crippen LogP contribution < -0.4 is 0 Å². The number of hydrogen-bond donors (Lipinski definition) is 0. The first-order valence-electron chi connectivity index (χ1n) is 7.38. The summed E-state index contributed by atoms with van der Waals surface area (Å²) >= 11 is 0. The molecule has 16 heavy (non-hydrogen) atoms. The van der Waals surface area contributed by atoms with Crippen molar-refractivity contribution in [3.8, 4) is 0 Å². The molecular formula is C15H30N. The van der Waals surface area contributed by atoms with Crippen LogP contribution >= 0.6 is 0 Å². The van der Waals surface area contributed by atoms with Gasteiger partial charge in [0.1, 0.15) is 0 Å². The molecule has 0 aromatic carbocycles. The molecule has 0 spiro atoms. The van der Waals surface area contributed by atoms with Crippen LogP contribution in [0.5, 0.6) is 0 Å². The van der Waals surface area contributed by atoms with Gasteiger partial charge in [-0.05, 0) is 44.7 Å². The van der Waals surface area contributed by atoms with Gasteiger partial charge in [-0.15, -0.1) is 0 Å². The van der Waals surface area contributed by atoms with E-state index in [4.69, 9.17) is 0 Å². The van der Waals surface area contributed by atoms with E-state index in [0.717, 1.165) is 12.3 Å². The summed E-state index contributed by atoms with van der Waals surface area (Å²) in [5.41, 5.74) is 0. The van der Waals surface area contributed by atoms with Crippen molar-refractivity contribution >= 4 is 0 Å². The molecule has 0 amide bonds. The number of nitrogens with zero attached hydrogens (tertiary/aromatic N) is 1. The summed E-state index contributed by atoms with van der Waals surface area (Å²) in [5.74, 6) is 1.00. The van der Waals surface area contributed by atoms with Crippen LogP contribution in [0.15, 0.2) is 0 Å². The average Bonchev–Trinajstić information content (AvgIpc) is 2.30. The highest BCUT2D eigenvalue weighted by Crippen LogP contribution is 2.22. The first-order chi connectivity index (χ1) is 7.86. The Morgan fingerprint density at radius 1 is 1.19 bits per heavy atom. The van der Waals surface area contributed by atoms with Crippen molar-refractivity contribution in [2.45, 2.75) is 64.7 Å². The smallest absolute Gasteiger partial charge is 0.000966 e. The second-order valence-corrected chi connectivity index (χ2v) is 5.37. The molecule has 1 nitrogen and oxygen atoms in total. The molecule has 1 heteroatoms. The van der Waals surface area contributed by atoms with Gasteiger partial charge in [0.15, 0.2) is 0 Å². The minimum absolute atomic E-state index is 1.00. The van der Waals surface area contributed by atoms with E-state index >= 15 is 0 Å². The zero-order valence-corrected chi connectivity index (χ0v) is 11.2. The van der Waals surface area contributed by atoms with Gasteiger partial charge in [-0.1, -0.05) is 46.0 Å². The largest absolute Gasteiger partial charge is 0.303 e. The molecule has 1 rings (SSSR count). The Morgan fingerprint density at radius 2 is 2.06 bits per heavy atom. The lowest BCUT2D eigenvalue weighted by Gasteiger charge is -2.32. The molecule has 0 aliphatic carbocycles. The Morgan fingerprint density at radius 3 is 2.81 bits per heavy atom. The van der Waals surface area contributed by atoms with Crippen LogP contribution in [-0.4, -0.2) is 24.5 Å². The summed E-state index contributed by atoms with van der Waals surface area (Å²) in [5, 5.41) is 0. The normalized spacial score (nSPS) is 22.5. The van der Waals surface area contributed by atoms with Crippen LogP contribution in [0.25, 0.3) is 0 Å². The van der Waals surface area contributed by atoms with Crippen LogP contribution in [-0.2, 0) is 0 Å². The van der Waals surface area contributed by atoms with Crippen LogP contribution in [0.2, 0.25) is 0 Å². The lowest BCUT2D eigenvalue weighted by molar-refractivity contribution is 0.164. The van der Waals surface area contributed by atoms with E-state index in [0.29, 0.717) is 0 Å². The highest BCUT2D eigenvalue weighted by atomic mass is 15.1. The fourth-order valence-electron chi connectivity index (χ4n) is 2.79. The highest BCUT2D eigenvalue weighted by Gasteiger charge is 2.18. The third-order valence-corrected chi connectivity index (χ3v) is 3.79. The highest BCUT2D eigenvalue weighted by molar-refractivity contribution is 4.73. The number of rotatable bonds is 8. The Hall–Kier alpha value is -0.0400. The fraction of sp³-hybridized carbons (Fsp3) is 0.933. The van der Waals surface area contributed by atoms with Gasteiger partial charge >= 0.3 is 0 Å². The third kappa shape index (κ3) is 5.89. The molecule has 95 valence electrons. The van der Waals surface area contributed by atoms with E-state index in [2.05, 4.69) is 18.7 Å². The molecule has 1 aliphatic heterocycles. The molecule has 1 fully saturated rings.